The van der Waals surface area contributed by atoms with Crippen molar-refractivity contribution in [2.24, 2.45) is 0 Å². The van der Waals surface area contributed by atoms with Gasteiger partial charge in [-0.15, -0.1) is 23.4 Å². The molecule has 0 radical (unpaired) electrons. The molecule has 2 atom stereocenters. The van der Waals surface area contributed by atoms with Gasteiger partial charge in [-0.3, -0.25) is 0 Å². The number of aryl methyl sites for hydroxylation is 1. The van der Waals surface area contributed by atoms with Crippen LogP contribution in [-0.2, 0) is 3.66 Å². The van der Waals surface area contributed by atoms with E-state index in [1.807, 2.05) is 13.0 Å². The Hall–Kier alpha value is 0.0800. The SMILES string of the molecule is Cc1ccc(C2(Br)C=CC(C)(Cl)S2)cc1. The molecule has 15 heavy (non-hydrogen) atoms. The number of hydrogen-bond donors (Lipinski definition) is 0. The molecule has 0 aromatic heterocycles. The van der Waals surface area contributed by atoms with E-state index in [2.05, 4.69) is 53.2 Å². The van der Waals surface area contributed by atoms with Gasteiger partial charge < -0.3 is 0 Å². The monoisotopic (exact) mass is 302 g/mol. The second-order valence-corrected chi connectivity index (χ2v) is 8.41. The molecule has 0 saturated heterocycles. The molecule has 1 heterocycles. The Kier molecular flexibility index (Phi) is 2.95. The average molecular weight is 304 g/mol. The Morgan fingerprint density at radius 2 is 1.80 bits per heavy atom. The second-order valence-electron chi connectivity index (χ2n) is 3.93. The van der Waals surface area contributed by atoms with Gasteiger partial charge in [-0.2, -0.15) is 0 Å². The molecule has 1 aliphatic rings. The highest BCUT2D eigenvalue weighted by Gasteiger charge is 2.40. The topological polar surface area (TPSA) is 0 Å². The minimum Gasteiger partial charge on any atom is -0.108 e. The standard InChI is InChI=1S/C12H12BrClS/c1-9-3-5-10(6-4-9)12(13)8-7-11(2,14)15-12/h3-8H,1-2H3. The van der Waals surface area contributed by atoms with Crippen molar-refractivity contribution in [1.29, 1.82) is 0 Å². The second kappa shape index (κ2) is 3.83. The van der Waals surface area contributed by atoms with Gasteiger partial charge in [0.2, 0.25) is 0 Å². The predicted molar refractivity (Wildman–Crippen MR) is 72.8 cm³/mol. The van der Waals surface area contributed by atoms with Crippen LogP contribution in [0.4, 0.5) is 0 Å². The zero-order chi connectivity index (χ0) is 11.1. The smallest absolute Gasteiger partial charge is 0.108 e. The molecule has 0 saturated carbocycles. The van der Waals surface area contributed by atoms with Crippen LogP contribution in [0.5, 0.6) is 0 Å². The Bertz CT molecular complexity index is 397. The van der Waals surface area contributed by atoms with Crippen LogP contribution in [0, 0.1) is 6.92 Å². The first-order chi connectivity index (χ1) is 6.91. The zero-order valence-corrected chi connectivity index (χ0v) is 11.8. The van der Waals surface area contributed by atoms with Crippen molar-refractivity contribution in [3.63, 3.8) is 0 Å². The Labute approximate surface area is 108 Å². The normalized spacial score (nSPS) is 34.7. The molecule has 0 N–H and O–H groups in total. The van der Waals surface area contributed by atoms with E-state index in [0.29, 0.717) is 0 Å². The number of halogens is 2. The summed E-state index contributed by atoms with van der Waals surface area (Å²) in [4.78, 5) is 0. The largest absolute Gasteiger partial charge is 0.116 e. The van der Waals surface area contributed by atoms with Gasteiger partial charge in [0.1, 0.15) is 7.86 Å². The summed E-state index contributed by atoms with van der Waals surface area (Å²) in [5.41, 5.74) is 2.51. The van der Waals surface area contributed by atoms with Crippen LogP contribution in [0.25, 0.3) is 0 Å². The lowest BCUT2D eigenvalue weighted by molar-refractivity contribution is 1.15. The fourth-order valence-corrected chi connectivity index (χ4v) is 4.77. The quantitative estimate of drug-likeness (QED) is 0.530. The molecular formula is C12H12BrClS. The van der Waals surface area contributed by atoms with E-state index in [0.717, 1.165) is 0 Å². The fourth-order valence-electron chi connectivity index (χ4n) is 1.55. The first-order valence-corrected chi connectivity index (χ1v) is 6.76. The molecule has 1 aromatic carbocycles. The summed E-state index contributed by atoms with van der Waals surface area (Å²) in [6.07, 6.45) is 4.16. The highest BCUT2D eigenvalue weighted by Crippen LogP contribution is 2.56. The zero-order valence-electron chi connectivity index (χ0n) is 8.63. The van der Waals surface area contributed by atoms with Crippen molar-refractivity contribution in [3.8, 4) is 0 Å². The van der Waals surface area contributed by atoms with Crippen LogP contribution in [0.1, 0.15) is 18.1 Å². The number of alkyl halides is 2. The number of rotatable bonds is 1. The Balaban J connectivity index is 2.33. The van der Waals surface area contributed by atoms with E-state index in [1.54, 1.807) is 11.8 Å². The maximum Gasteiger partial charge on any atom is 0.116 e. The van der Waals surface area contributed by atoms with Crippen LogP contribution < -0.4 is 0 Å². The van der Waals surface area contributed by atoms with Crippen LogP contribution in [0.3, 0.4) is 0 Å². The van der Waals surface area contributed by atoms with Crippen LogP contribution >= 0.6 is 39.3 Å². The molecule has 0 nitrogen and oxygen atoms in total. The van der Waals surface area contributed by atoms with Crippen LogP contribution in [-0.4, -0.2) is 4.21 Å². The minimum absolute atomic E-state index is 0.169. The summed E-state index contributed by atoms with van der Waals surface area (Å²) in [6, 6.07) is 8.52. The summed E-state index contributed by atoms with van der Waals surface area (Å²) in [6.45, 7) is 4.10. The lowest BCUT2D eigenvalue weighted by Gasteiger charge is -2.23. The number of benzene rings is 1. The summed E-state index contributed by atoms with van der Waals surface area (Å²) in [5, 5.41) is 0. The third-order valence-corrected chi connectivity index (χ3v) is 5.16. The highest BCUT2D eigenvalue weighted by atomic mass is 79.9. The summed E-state index contributed by atoms with van der Waals surface area (Å²) in [5.74, 6) is 0. The van der Waals surface area contributed by atoms with E-state index in [4.69, 9.17) is 11.6 Å². The van der Waals surface area contributed by atoms with Crippen molar-refractivity contribution >= 4 is 39.3 Å². The molecule has 0 fully saturated rings. The van der Waals surface area contributed by atoms with E-state index >= 15 is 0 Å². The van der Waals surface area contributed by atoms with Crippen LogP contribution in [0.2, 0.25) is 0 Å². The average Bonchev–Trinajstić information content (AvgIpc) is 2.43. The summed E-state index contributed by atoms with van der Waals surface area (Å²) < 4.78 is -0.481. The molecule has 0 spiro atoms. The van der Waals surface area contributed by atoms with Crippen molar-refractivity contribution in [2.75, 3.05) is 0 Å². The van der Waals surface area contributed by atoms with Crippen molar-refractivity contribution in [1.82, 2.24) is 0 Å². The third kappa shape index (κ3) is 2.43. The molecule has 0 aliphatic carbocycles. The number of hydrogen-bond acceptors (Lipinski definition) is 1. The molecule has 80 valence electrons. The van der Waals surface area contributed by atoms with E-state index in [1.165, 1.54) is 11.1 Å². The van der Waals surface area contributed by atoms with Crippen molar-refractivity contribution < 1.29 is 0 Å². The molecule has 0 amide bonds. The van der Waals surface area contributed by atoms with E-state index in [-0.39, 0.29) is 7.86 Å². The molecule has 1 aromatic rings. The lowest BCUT2D eigenvalue weighted by Crippen LogP contribution is -2.11. The first kappa shape index (κ1) is 11.6. The van der Waals surface area contributed by atoms with E-state index in [9.17, 15) is 0 Å². The minimum atomic E-state index is -0.311. The highest BCUT2D eigenvalue weighted by molar-refractivity contribution is 9.11. The fraction of sp³-hybridized carbons (Fsp3) is 0.333. The summed E-state index contributed by atoms with van der Waals surface area (Å²) >= 11 is 11.7. The van der Waals surface area contributed by atoms with Gasteiger partial charge in [0.15, 0.2) is 0 Å². The van der Waals surface area contributed by atoms with Gasteiger partial charge in [0.25, 0.3) is 0 Å². The molecule has 2 rings (SSSR count). The van der Waals surface area contributed by atoms with Gasteiger partial charge in [-0.1, -0.05) is 57.9 Å². The summed E-state index contributed by atoms with van der Waals surface area (Å²) in [7, 11) is 0. The van der Waals surface area contributed by atoms with Gasteiger partial charge >= 0.3 is 0 Å². The molecule has 2 unspecified atom stereocenters. The molecule has 3 heteroatoms. The van der Waals surface area contributed by atoms with Gasteiger partial charge in [-0.25, -0.2) is 0 Å². The lowest BCUT2D eigenvalue weighted by atomic mass is 10.1. The van der Waals surface area contributed by atoms with Crippen molar-refractivity contribution in [3.05, 3.63) is 47.5 Å². The van der Waals surface area contributed by atoms with Gasteiger partial charge in [0, 0.05) is 0 Å². The van der Waals surface area contributed by atoms with E-state index < -0.39 is 0 Å². The van der Waals surface area contributed by atoms with Gasteiger partial charge in [-0.05, 0) is 19.4 Å². The maximum absolute atomic E-state index is 6.28. The van der Waals surface area contributed by atoms with Crippen LogP contribution in [0.15, 0.2) is 36.4 Å². The van der Waals surface area contributed by atoms with Crippen molar-refractivity contribution in [2.45, 2.75) is 21.7 Å². The Morgan fingerprint density at radius 3 is 2.27 bits per heavy atom. The van der Waals surface area contributed by atoms with Gasteiger partial charge in [0.05, 0.1) is 0 Å². The predicted octanol–water partition coefficient (Wildman–Crippen LogP) is 4.80. The maximum atomic E-state index is 6.28. The number of thioether (sulfide) groups is 1. The third-order valence-electron chi connectivity index (χ3n) is 2.39. The Morgan fingerprint density at radius 1 is 1.20 bits per heavy atom. The molecule has 0 bridgehead atoms. The molecule has 1 aliphatic heterocycles. The molecular weight excluding hydrogens is 292 g/mol. The first-order valence-electron chi connectivity index (χ1n) is 4.77.